The number of nitrogens with zero attached hydrogens (tertiary/aromatic N) is 1. The molecule has 3 N–H and O–H groups in total. The largest absolute Gasteiger partial charge is 0.477 e. The highest BCUT2D eigenvalue weighted by molar-refractivity contribution is 8.06. The number of aliphatic hydroxyl groups is 1. The maximum Gasteiger partial charge on any atom is 0.353 e. The van der Waals surface area contributed by atoms with Gasteiger partial charge >= 0.3 is 5.97 Å². The van der Waals surface area contributed by atoms with Gasteiger partial charge in [0.25, 0.3) is 0 Å². The summed E-state index contributed by atoms with van der Waals surface area (Å²) in [6.07, 6.45) is -0.483. The molecule has 1 saturated heterocycles. The van der Waals surface area contributed by atoms with Crippen LogP contribution in [-0.4, -0.2) is 45.0 Å². The van der Waals surface area contributed by atoms with Crippen molar-refractivity contribution in [2.24, 2.45) is 5.92 Å². The zero-order valence-electron chi connectivity index (χ0n) is 11.6. The Labute approximate surface area is 125 Å². The summed E-state index contributed by atoms with van der Waals surface area (Å²) < 4.78 is 0. The first-order valence-electron chi connectivity index (χ1n) is 6.36. The number of carbonyl (C=O) groups excluding carboxylic acids is 2. The van der Waals surface area contributed by atoms with Gasteiger partial charge in [0.05, 0.1) is 23.1 Å². The van der Waals surface area contributed by atoms with Gasteiger partial charge in [0.1, 0.15) is 5.70 Å². The third-order valence-electron chi connectivity index (χ3n) is 3.45. The lowest BCUT2D eigenvalue weighted by molar-refractivity contribution is -0.161. The van der Waals surface area contributed by atoms with E-state index in [9.17, 15) is 24.6 Å². The number of fused-ring (bicyclic) bond motifs is 1. The predicted octanol–water partition coefficient (Wildman–Crippen LogP) is 0.235. The first-order chi connectivity index (χ1) is 9.73. The molecule has 2 heterocycles. The second-order valence-corrected chi connectivity index (χ2v) is 6.22. The van der Waals surface area contributed by atoms with Crippen LogP contribution in [0.25, 0.3) is 0 Å². The van der Waals surface area contributed by atoms with E-state index in [1.807, 2.05) is 0 Å². The molecule has 7 nitrogen and oxygen atoms in total. The summed E-state index contributed by atoms with van der Waals surface area (Å²) in [5.41, 5.74) is -0.0848. The molecule has 3 atom stereocenters. The fourth-order valence-electron chi connectivity index (χ4n) is 2.69. The molecule has 0 bridgehead atoms. The highest BCUT2D eigenvalue weighted by Gasteiger charge is 2.56. The van der Waals surface area contributed by atoms with Crippen LogP contribution in [0.5, 0.6) is 0 Å². The number of carboxylic acids is 1. The van der Waals surface area contributed by atoms with Gasteiger partial charge in [0, 0.05) is 18.2 Å². The lowest BCUT2D eigenvalue weighted by Crippen LogP contribution is -2.61. The molecule has 0 aromatic rings. The lowest BCUT2D eigenvalue weighted by Gasteiger charge is -2.44. The number of thioether (sulfide) groups is 1. The van der Waals surface area contributed by atoms with Gasteiger partial charge in [-0.05, 0) is 6.92 Å². The Morgan fingerprint density at radius 3 is 2.62 bits per heavy atom. The summed E-state index contributed by atoms with van der Waals surface area (Å²) in [6.45, 7) is 6.49. The monoisotopic (exact) mass is 312 g/mol. The van der Waals surface area contributed by atoms with E-state index in [1.54, 1.807) is 0 Å². The molecule has 8 heteroatoms. The number of carboxylic acid groups (broad SMARTS) is 1. The van der Waals surface area contributed by atoms with E-state index < -0.39 is 18.0 Å². The molecule has 2 aliphatic heterocycles. The summed E-state index contributed by atoms with van der Waals surface area (Å²) in [5.74, 6) is -2.46. The first-order valence-corrected chi connectivity index (χ1v) is 7.17. The quantitative estimate of drug-likeness (QED) is 0.628. The van der Waals surface area contributed by atoms with Crippen LogP contribution < -0.4 is 5.32 Å². The average molecular weight is 312 g/mol. The minimum Gasteiger partial charge on any atom is -0.477 e. The molecule has 2 amide bonds. The van der Waals surface area contributed by atoms with Gasteiger partial charge in [-0.25, -0.2) is 4.79 Å². The van der Waals surface area contributed by atoms with E-state index in [0.29, 0.717) is 16.4 Å². The standard InChI is InChI=1S/C13H16N2O5S/c1-5(16)10-8-4-9(21-7(3)14-6(2)17)11(13(19)20)15(8)12(10)18/h5,8,10,16H,3-4H2,1-2H3,(H,14,17)(H,19,20)/t5-,8-,10-/m1/s1. The number of β-lactam (4-membered cyclic amide) rings is 1. The Morgan fingerprint density at radius 1 is 1.52 bits per heavy atom. The van der Waals surface area contributed by atoms with E-state index in [-0.39, 0.29) is 23.6 Å². The van der Waals surface area contributed by atoms with E-state index in [2.05, 4.69) is 11.9 Å². The Bertz CT molecular complexity index is 569. The molecule has 21 heavy (non-hydrogen) atoms. The second kappa shape index (κ2) is 5.53. The van der Waals surface area contributed by atoms with Gasteiger partial charge in [-0.3, -0.25) is 9.59 Å². The Balaban J connectivity index is 2.21. The van der Waals surface area contributed by atoms with Crippen molar-refractivity contribution in [2.75, 3.05) is 0 Å². The van der Waals surface area contributed by atoms with E-state index >= 15 is 0 Å². The third kappa shape index (κ3) is 2.68. The van der Waals surface area contributed by atoms with Crippen LogP contribution in [0.3, 0.4) is 0 Å². The Hall–Kier alpha value is -1.80. The van der Waals surface area contributed by atoms with Crippen LogP contribution in [0.15, 0.2) is 22.2 Å². The SMILES string of the molecule is C=C(NC(C)=O)SC1=C(C(=O)O)N2C(=O)[C@H]([C@@H](C)O)[C@H]2C1. The fraction of sp³-hybridized carbons (Fsp3) is 0.462. The van der Waals surface area contributed by atoms with Gasteiger partial charge in [-0.1, -0.05) is 18.3 Å². The summed E-state index contributed by atoms with van der Waals surface area (Å²) in [4.78, 5) is 36.0. The molecule has 2 aliphatic rings. The number of amides is 2. The normalized spacial score (nSPS) is 25.3. The number of aliphatic hydroxyl groups excluding tert-OH is 1. The van der Waals surface area contributed by atoms with Gasteiger partial charge in [0.2, 0.25) is 11.8 Å². The van der Waals surface area contributed by atoms with Crippen LogP contribution in [0, 0.1) is 5.92 Å². The van der Waals surface area contributed by atoms with Crippen molar-refractivity contribution in [3.05, 3.63) is 22.2 Å². The number of nitrogens with one attached hydrogen (secondary N) is 1. The van der Waals surface area contributed by atoms with Crippen molar-refractivity contribution in [3.8, 4) is 0 Å². The lowest BCUT2D eigenvalue weighted by atomic mass is 9.83. The highest BCUT2D eigenvalue weighted by Crippen LogP contribution is 2.47. The number of rotatable bonds is 5. The molecule has 2 rings (SSSR count). The molecule has 1 fully saturated rings. The van der Waals surface area contributed by atoms with Crippen LogP contribution >= 0.6 is 11.8 Å². The van der Waals surface area contributed by atoms with Crippen molar-refractivity contribution in [1.29, 1.82) is 0 Å². The molecular weight excluding hydrogens is 296 g/mol. The van der Waals surface area contributed by atoms with Crippen molar-refractivity contribution in [2.45, 2.75) is 32.4 Å². The highest BCUT2D eigenvalue weighted by atomic mass is 32.2. The van der Waals surface area contributed by atoms with Crippen molar-refractivity contribution < 1.29 is 24.6 Å². The second-order valence-electron chi connectivity index (χ2n) is 5.03. The van der Waals surface area contributed by atoms with E-state index in [1.165, 1.54) is 18.7 Å². The Morgan fingerprint density at radius 2 is 2.14 bits per heavy atom. The first kappa shape index (κ1) is 15.6. The molecule has 0 aromatic carbocycles. The summed E-state index contributed by atoms with van der Waals surface area (Å²) in [5, 5.41) is 21.7. The number of aliphatic carboxylic acids is 1. The van der Waals surface area contributed by atoms with Crippen molar-refractivity contribution >= 4 is 29.5 Å². The number of hydrogen-bond acceptors (Lipinski definition) is 5. The molecule has 0 saturated carbocycles. The molecule has 0 radical (unpaired) electrons. The number of hydrogen-bond donors (Lipinski definition) is 3. The van der Waals surface area contributed by atoms with E-state index in [0.717, 1.165) is 11.8 Å². The fourth-order valence-corrected chi connectivity index (χ4v) is 3.72. The zero-order valence-corrected chi connectivity index (χ0v) is 12.4. The zero-order chi connectivity index (χ0) is 15.9. The van der Waals surface area contributed by atoms with Crippen LogP contribution in [-0.2, 0) is 14.4 Å². The van der Waals surface area contributed by atoms with Gasteiger partial charge in [-0.2, -0.15) is 0 Å². The molecular formula is C13H16N2O5S. The Kier molecular flexibility index (Phi) is 4.11. The molecule has 0 spiro atoms. The number of carbonyl (C=O) groups is 3. The third-order valence-corrected chi connectivity index (χ3v) is 4.41. The topological polar surface area (TPSA) is 107 Å². The van der Waals surface area contributed by atoms with Crippen molar-refractivity contribution in [1.82, 2.24) is 10.2 Å². The summed E-state index contributed by atoms with van der Waals surface area (Å²) in [7, 11) is 0. The summed E-state index contributed by atoms with van der Waals surface area (Å²) >= 11 is 1.03. The van der Waals surface area contributed by atoms with Crippen LogP contribution in [0.4, 0.5) is 0 Å². The maximum absolute atomic E-state index is 12.0. The molecule has 114 valence electrons. The van der Waals surface area contributed by atoms with Crippen molar-refractivity contribution in [3.63, 3.8) is 0 Å². The molecule has 0 aliphatic carbocycles. The van der Waals surface area contributed by atoms with Gasteiger partial charge < -0.3 is 20.4 Å². The van der Waals surface area contributed by atoms with E-state index in [4.69, 9.17) is 0 Å². The minimum atomic E-state index is -1.20. The molecule has 0 unspecified atom stereocenters. The predicted molar refractivity (Wildman–Crippen MR) is 75.6 cm³/mol. The maximum atomic E-state index is 12.0. The summed E-state index contributed by atoms with van der Waals surface area (Å²) in [6, 6.07) is -0.337. The van der Waals surface area contributed by atoms with Gasteiger partial charge in [0.15, 0.2) is 0 Å². The van der Waals surface area contributed by atoms with Crippen LogP contribution in [0.2, 0.25) is 0 Å². The average Bonchev–Trinajstić information content (AvgIpc) is 2.62. The minimum absolute atomic E-state index is 0.0848. The molecule has 0 aromatic heterocycles. The smallest absolute Gasteiger partial charge is 0.353 e. The van der Waals surface area contributed by atoms with Crippen LogP contribution in [0.1, 0.15) is 20.3 Å². The van der Waals surface area contributed by atoms with Gasteiger partial charge in [-0.15, -0.1) is 0 Å².